The molecule has 0 spiro atoms. The Morgan fingerprint density at radius 2 is 1.97 bits per heavy atom. The fourth-order valence-corrected chi connectivity index (χ4v) is 4.79. The number of carbonyl (C=O) groups is 1. The molecule has 0 bridgehead atoms. The van der Waals surface area contributed by atoms with Crippen LogP contribution in [-0.2, 0) is 11.3 Å². The summed E-state index contributed by atoms with van der Waals surface area (Å²) in [6.07, 6.45) is -3.11. The zero-order valence-corrected chi connectivity index (χ0v) is 21.5. The number of imidazole rings is 1. The van der Waals surface area contributed by atoms with Crippen molar-refractivity contribution in [1.29, 1.82) is 0 Å². The van der Waals surface area contributed by atoms with Crippen LogP contribution in [0.2, 0.25) is 0 Å². The molecule has 1 N–H and O–H groups in total. The first-order valence-corrected chi connectivity index (χ1v) is 12.7. The lowest BCUT2D eigenvalue weighted by Crippen LogP contribution is -2.19. The zero-order valence-electron chi connectivity index (χ0n) is 21.5. The molecule has 3 aromatic carbocycles. The maximum absolute atomic E-state index is 12.8. The van der Waals surface area contributed by atoms with Crippen LogP contribution in [0.5, 0.6) is 17.5 Å². The first-order valence-electron chi connectivity index (χ1n) is 12.7. The minimum atomic E-state index is -4.46. The number of ether oxygens (including phenoxy) is 3. The Bertz CT molecular complexity index is 1500. The number of aldehydes is 1. The average Bonchev–Trinajstić information content (AvgIpc) is 3.48. The van der Waals surface area contributed by atoms with E-state index in [1.165, 1.54) is 6.07 Å². The van der Waals surface area contributed by atoms with Crippen LogP contribution in [0.4, 0.5) is 18.9 Å². The molecule has 1 aliphatic heterocycles. The number of nitrogens with one attached hydrogen (secondary N) is 1. The molecule has 4 aromatic rings. The molecule has 0 saturated heterocycles. The molecule has 39 heavy (non-hydrogen) atoms. The van der Waals surface area contributed by atoms with Gasteiger partial charge in [-0.3, -0.25) is 4.57 Å². The number of rotatable bonds is 10. The molecule has 0 fully saturated rings. The number of alkyl halides is 3. The van der Waals surface area contributed by atoms with Crippen LogP contribution in [0, 0.1) is 6.92 Å². The number of anilines is 1. The number of carbonyl (C=O) groups excluding carboxylic acids is 1. The lowest BCUT2D eigenvalue weighted by atomic mass is 9.98. The number of para-hydroxylation sites is 1. The minimum absolute atomic E-state index is 0.0363. The van der Waals surface area contributed by atoms with Gasteiger partial charge in [-0.25, -0.2) is 0 Å². The summed E-state index contributed by atoms with van der Waals surface area (Å²) in [5.41, 5.74) is 5.56. The highest BCUT2D eigenvalue weighted by molar-refractivity contribution is 5.85. The van der Waals surface area contributed by atoms with Gasteiger partial charge < -0.3 is 24.3 Å². The Labute approximate surface area is 223 Å². The molecule has 1 aromatic heterocycles. The molecule has 5 rings (SSSR count). The third-order valence-electron chi connectivity index (χ3n) is 6.70. The van der Waals surface area contributed by atoms with E-state index in [4.69, 9.17) is 14.2 Å². The second-order valence-corrected chi connectivity index (χ2v) is 9.27. The Hall–Kier alpha value is -4.21. The Kier molecular flexibility index (Phi) is 7.36. The van der Waals surface area contributed by atoms with Crippen molar-refractivity contribution in [2.45, 2.75) is 38.9 Å². The van der Waals surface area contributed by atoms with Gasteiger partial charge in [0.15, 0.2) is 6.61 Å². The van der Waals surface area contributed by atoms with Gasteiger partial charge in [0.1, 0.15) is 23.3 Å². The molecule has 0 radical (unpaired) electrons. The quantitative estimate of drug-likeness (QED) is 0.237. The fraction of sp³-hybridized carbons (Fsp3) is 0.310. The van der Waals surface area contributed by atoms with Gasteiger partial charge in [-0.2, -0.15) is 18.2 Å². The Morgan fingerprint density at radius 3 is 2.74 bits per heavy atom. The van der Waals surface area contributed by atoms with Crippen molar-refractivity contribution in [1.82, 2.24) is 9.55 Å². The maximum Gasteiger partial charge on any atom is 0.422 e. The predicted molar refractivity (Wildman–Crippen MR) is 141 cm³/mol. The molecule has 204 valence electrons. The van der Waals surface area contributed by atoms with Gasteiger partial charge in [-0.05, 0) is 49.2 Å². The molecule has 0 saturated carbocycles. The predicted octanol–water partition coefficient (Wildman–Crippen LogP) is 6.35. The van der Waals surface area contributed by atoms with Crippen molar-refractivity contribution in [2.75, 3.05) is 25.1 Å². The van der Waals surface area contributed by atoms with Crippen molar-refractivity contribution in [3.8, 4) is 23.2 Å². The highest BCUT2D eigenvalue weighted by Gasteiger charge is 2.29. The van der Waals surface area contributed by atoms with Crippen molar-refractivity contribution < 1.29 is 32.2 Å². The van der Waals surface area contributed by atoms with Gasteiger partial charge in [0.2, 0.25) is 0 Å². The lowest BCUT2D eigenvalue weighted by molar-refractivity contribution is -0.153. The van der Waals surface area contributed by atoms with E-state index in [0.29, 0.717) is 37.2 Å². The van der Waals surface area contributed by atoms with Gasteiger partial charge in [-0.1, -0.05) is 24.3 Å². The number of halogens is 3. The first-order chi connectivity index (χ1) is 18.8. The Morgan fingerprint density at radius 1 is 1.15 bits per heavy atom. The van der Waals surface area contributed by atoms with E-state index in [9.17, 15) is 18.0 Å². The summed E-state index contributed by atoms with van der Waals surface area (Å²) in [4.78, 5) is 15.4. The van der Waals surface area contributed by atoms with Crippen LogP contribution < -0.4 is 19.5 Å². The second kappa shape index (κ2) is 10.9. The molecule has 0 amide bonds. The minimum Gasteiger partial charge on any atom is -0.493 e. The maximum atomic E-state index is 12.8. The van der Waals surface area contributed by atoms with Crippen LogP contribution in [0.15, 0.2) is 54.6 Å². The summed E-state index contributed by atoms with van der Waals surface area (Å²) in [7, 11) is 0. The van der Waals surface area contributed by atoms with Crippen LogP contribution in [0.1, 0.15) is 36.0 Å². The molecule has 1 aliphatic rings. The summed E-state index contributed by atoms with van der Waals surface area (Å²) in [5, 5.41) is 3.44. The molecule has 0 aliphatic carbocycles. The molecule has 1 atom stereocenters. The lowest BCUT2D eigenvalue weighted by Gasteiger charge is -2.16. The normalized spacial score (nSPS) is 14.6. The number of hydrogen-bond donors (Lipinski definition) is 1. The Balaban J connectivity index is 1.44. The topological polar surface area (TPSA) is 74.6 Å². The molecule has 1 unspecified atom stereocenters. The summed E-state index contributed by atoms with van der Waals surface area (Å²) in [6.45, 7) is 3.74. The smallest absolute Gasteiger partial charge is 0.422 e. The highest BCUT2D eigenvalue weighted by Crippen LogP contribution is 2.38. The molecule has 10 heteroatoms. The van der Waals surface area contributed by atoms with Gasteiger partial charge in [0.25, 0.3) is 0 Å². The third kappa shape index (κ3) is 5.50. The molecule has 7 nitrogen and oxygen atoms in total. The van der Waals surface area contributed by atoms with Crippen molar-refractivity contribution in [3.63, 3.8) is 0 Å². The van der Waals surface area contributed by atoms with Crippen LogP contribution >= 0.6 is 0 Å². The molecular weight excluding hydrogens is 511 g/mol. The number of nitrogens with zero attached hydrogens (tertiary/aromatic N) is 2. The van der Waals surface area contributed by atoms with E-state index in [1.54, 1.807) is 16.7 Å². The first kappa shape index (κ1) is 26.4. The number of aromatic nitrogens is 2. The fourth-order valence-electron chi connectivity index (χ4n) is 4.79. The summed E-state index contributed by atoms with van der Waals surface area (Å²) in [6, 6.07) is 16.9. The van der Waals surface area contributed by atoms with Gasteiger partial charge >= 0.3 is 12.2 Å². The summed E-state index contributed by atoms with van der Waals surface area (Å²) in [5.74, 6) is 0.913. The standard InChI is InChI=1S/C29H28F3N3O4/c1-3-37-28-34-27-24(8-5-9-25(27)39-17-29(30,31)32)35(28)23-7-4-6-19(18(23)2)15-33-21-10-11-22-20(12-13-36)16-38-26(22)14-21/h4-11,13-14,20,33H,3,12,15-17H2,1-2H3. The van der Waals surface area contributed by atoms with Crippen LogP contribution in [0.25, 0.3) is 16.7 Å². The van der Waals surface area contributed by atoms with Crippen molar-refractivity contribution >= 4 is 23.0 Å². The summed E-state index contributed by atoms with van der Waals surface area (Å²) < 4.78 is 56.9. The summed E-state index contributed by atoms with van der Waals surface area (Å²) >= 11 is 0. The van der Waals surface area contributed by atoms with E-state index >= 15 is 0 Å². The second-order valence-electron chi connectivity index (χ2n) is 9.27. The largest absolute Gasteiger partial charge is 0.493 e. The van der Waals surface area contributed by atoms with Crippen LogP contribution in [0.3, 0.4) is 0 Å². The van der Waals surface area contributed by atoms with E-state index < -0.39 is 12.8 Å². The van der Waals surface area contributed by atoms with Gasteiger partial charge in [-0.15, -0.1) is 0 Å². The van der Waals surface area contributed by atoms with E-state index in [-0.39, 0.29) is 17.7 Å². The van der Waals surface area contributed by atoms with Crippen molar-refractivity contribution in [2.24, 2.45) is 0 Å². The number of hydrogen-bond acceptors (Lipinski definition) is 6. The van der Waals surface area contributed by atoms with Gasteiger partial charge in [0, 0.05) is 36.2 Å². The van der Waals surface area contributed by atoms with Crippen LogP contribution in [-0.4, -0.2) is 41.8 Å². The number of benzene rings is 3. The van der Waals surface area contributed by atoms with Gasteiger partial charge in [0.05, 0.1) is 24.4 Å². The third-order valence-corrected chi connectivity index (χ3v) is 6.70. The SMILES string of the molecule is CCOc1nc2c(OCC(F)(F)F)cccc2n1-c1cccc(CNc2ccc3c(c2)OCC3CC=O)c1C. The zero-order chi connectivity index (χ0) is 27.6. The van der Waals surface area contributed by atoms with E-state index in [2.05, 4.69) is 10.3 Å². The molecule has 2 heterocycles. The highest BCUT2D eigenvalue weighted by atomic mass is 19.4. The van der Waals surface area contributed by atoms with E-state index in [0.717, 1.165) is 40.1 Å². The average molecular weight is 540 g/mol. The number of fused-ring (bicyclic) bond motifs is 2. The monoisotopic (exact) mass is 539 g/mol. The van der Waals surface area contributed by atoms with E-state index in [1.807, 2.05) is 50.2 Å². The van der Waals surface area contributed by atoms with Crippen molar-refractivity contribution in [3.05, 3.63) is 71.3 Å². The molecular formula is C29H28F3N3O4.